The lowest BCUT2D eigenvalue weighted by atomic mass is 10.1. The number of guanidine groups is 1. The fourth-order valence-corrected chi connectivity index (χ4v) is 2.28. The van der Waals surface area contributed by atoms with E-state index in [1.807, 2.05) is 24.3 Å². The Hall–Kier alpha value is -1.27. The molecule has 0 aliphatic rings. The third-order valence-electron chi connectivity index (χ3n) is 2.58. The van der Waals surface area contributed by atoms with Gasteiger partial charge in [0.25, 0.3) is 0 Å². The van der Waals surface area contributed by atoms with Gasteiger partial charge in [-0.25, -0.2) is 8.42 Å². The molecule has 0 heterocycles. The smallest absolute Gasteiger partial charge is 0.191 e. The number of sulfone groups is 1. The Labute approximate surface area is 125 Å². The van der Waals surface area contributed by atoms with Gasteiger partial charge >= 0.3 is 0 Å². The summed E-state index contributed by atoms with van der Waals surface area (Å²) < 4.78 is 22.0. The molecular weight excluding hydrogens is 298 g/mol. The van der Waals surface area contributed by atoms with Crippen LogP contribution < -0.4 is 10.6 Å². The monoisotopic (exact) mass is 317 g/mol. The van der Waals surface area contributed by atoms with Gasteiger partial charge in [0, 0.05) is 31.4 Å². The summed E-state index contributed by atoms with van der Waals surface area (Å²) in [5.41, 5.74) is 1.14. The fourth-order valence-electron chi connectivity index (χ4n) is 1.59. The lowest BCUT2D eigenvalue weighted by molar-refractivity contribution is 0.600. The van der Waals surface area contributed by atoms with Crippen LogP contribution in [0.4, 0.5) is 0 Å². The molecule has 0 amide bonds. The summed E-state index contributed by atoms with van der Waals surface area (Å²) in [6, 6.07) is 7.68. The molecule has 0 fully saturated rings. The Bertz CT molecular complexity index is 558. The van der Waals surface area contributed by atoms with Gasteiger partial charge in [-0.3, -0.25) is 4.99 Å². The van der Waals surface area contributed by atoms with Gasteiger partial charge in [-0.05, 0) is 24.1 Å². The fraction of sp³-hybridized carbons (Fsp3) is 0.462. The van der Waals surface area contributed by atoms with E-state index < -0.39 is 9.84 Å². The normalized spacial score (nSPS) is 12.2. The van der Waals surface area contributed by atoms with Crippen molar-refractivity contribution in [2.45, 2.75) is 6.42 Å². The van der Waals surface area contributed by atoms with Gasteiger partial charge in [0.2, 0.25) is 0 Å². The molecule has 0 spiro atoms. The minimum atomic E-state index is -2.96. The first kappa shape index (κ1) is 16.8. The number of halogens is 1. The minimum Gasteiger partial charge on any atom is -0.356 e. The predicted octanol–water partition coefficient (Wildman–Crippen LogP) is 1.09. The number of benzene rings is 1. The molecule has 0 radical (unpaired) electrons. The van der Waals surface area contributed by atoms with Crippen molar-refractivity contribution in [2.75, 3.05) is 32.1 Å². The third-order valence-corrected chi connectivity index (χ3v) is 3.76. The molecule has 1 aromatic rings. The second kappa shape index (κ2) is 8.11. The zero-order chi connectivity index (χ0) is 15.0. The molecule has 0 bridgehead atoms. The largest absolute Gasteiger partial charge is 0.356 e. The molecule has 0 saturated carbocycles. The number of nitrogens with one attached hydrogen (secondary N) is 2. The second-order valence-electron chi connectivity index (χ2n) is 4.44. The van der Waals surface area contributed by atoms with Gasteiger partial charge in [0.1, 0.15) is 9.84 Å². The van der Waals surface area contributed by atoms with Crippen LogP contribution >= 0.6 is 11.6 Å². The zero-order valence-electron chi connectivity index (χ0n) is 11.7. The van der Waals surface area contributed by atoms with Crippen LogP contribution in [-0.4, -0.2) is 46.5 Å². The van der Waals surface area contributed by atoms with E-state index in [-0.39, 0.29) is 5.75 Å². The highest BCUT2D eigenvalue weighted by Crippen LogP contribution is 2.10. The number of nitrogens with zero attached hydrogens (tertiary/aromatic N) is 1. The highest BCUT2D eigenvalue weighted by molar-refractivity contribution is 7.90. The molecule has 2 N–H and O–H groups in total. The summed E-state index contributed by atoms with van der Waals surface area (Å²) in [6.45, 7) is 1.04. The molecule has 1 rings (SSSR count). The SMILES string of the molecule is CN=C(NCCc1cccc(Cl)c1)NCCS(C)(=O)=O. The van der Waals surface area contributed by atoms with Crippen LogP contribution in [-0.2, 0) is 16.3 Å². The molecular formula is C13H20ClN3O2S. The maximum Gasteiger partial charge on any atom is 0.191 e. The lowest BCUT2D eigenvalue weighted by Gasteiger charge is -2.11. The number of rotatable bonds is 6. The first-order valence-electron chi connectivity index (χ1n) is 6.27. The molecule has 0 saturated heterocycles. The van der Waals surface area contributed by atoms with E-state index in [2.05, 4.69) is 15.6 Å². The van der Waals surface area contributed by atoms with Gasteiger partial charge in [-0.15, -0.1) is 0 Å². The van der Waals surface area contributed by atoms with E-state index in [9.17, 15) is 8.42 Å². The van der Waals surface area contributed by atoms with Crippen LogP contribution in [0.15, 0.2) is 29.3 Å². The first-order chi connectivity index (χ1) is 9.40. The van der Waals surface area contributed by atoms with Gasteiger partial charge < -0.3 is 10.6 Å². The van der Waals surface area contributed by atoms with Crippen LogP contribution in [0.2, 0.25) is 5.02 Å². The highest BCUT2D eigenvalue weighted by atomic mass is 35.5. The predicted molar refractivity (Wildman–Crippen MR) is 84.2 cm³/mol. The average Bonchev–Trinajstić information content (AvgIpc) is 2.35. The van der Waals surface area contributed by atoms with Crippen molar-refractivity contribution in [3.8, 4) is 0 Å². The molecule has 0 aliphatic carbocycles. The first-order valence-corrected chi connectivity index (χ1v) is 8.71. The number of aliphatic imine (C=N–C) groups is 1. The van der Waals surface area contributed by atoms with Crippen LogP contribution in [0.1, 0.15) is 5.56 Å². The topological polar surface area (TPSA) is 70.6 Å². The number of hydrogen-bond donors (Lipinski definition) is 2. The van der Waals surface area contributed by atoms with Crippen molar-refractivity contribution < 1.29 is 8.42 Å². The van der Waals surface area contributed by atoms with Crippen molar-refractivity contribution in [3.63, 3.8) is 0 Å². The summed E-state index contributed by atoms with van der Waals surface area (Å²) in [5, 5.41) is 6.80. The molecule has 7 heteroatoms. The van der Waals surface area contributed by atoms with Crippen molar-refractivity contribution in [3.05, 3.63) is 34.9 Å². The van der Waals surface area contributed by atoms with Crippen LogP contribution in [0, 0.1) is 0 Å². The highest BCUT2D eigenvalue weighted by Gasteiger charge is 2.03. The molecule has 1 aromatic carbocycles. The molecule has 5 nitrogen and oxygen atoms in total. The van der Waals surface area contributed by atoms with Crippen molar-refractivity contribution in [1.29, 1.82) is 0 Å². The minimum absolute atomic E-state index is 0.0853. The number of hydrogen-bond acceptors (Lipinski definition) is 3. The van der Waals surface area contributed by atoms with Crippen LogP contribution in [0.25, 0.3) is 0 Å². The molecule has 0 atom stereocenters. The lowest BCUT2D eigenvalue weighted by Crippen LogP contribution is -2.40. The summed E-state index contributed by atoms with van der Waals surface area (Å²) in [5.74, 6) is 0.679. The summed E-state index contributed by atoms with van der Waals surface area (Å²) in [4.78, 5) is 4.03. The second-order valence-corrected chi connectivity index (χ2v) is 7.13. The van der Waals surface area contributed by atoms with E-state index in [4.69, 9.17) is 11.6 Å². The third kappa shape index (κ3) is 7.35. The molecule has 0 unspecified atom stereocenters. The van der Waals surface area contributed by atoms with E-state index in [1.165, 1.54) is 6.26 Å². The summed E-state index contributed by atoms with van der Waals surface area (Å²) in [6.07, 6.45) is 2.03. The maximum absolute atomic E-state index is 11.0. The Balaban J connectivity index is 2.32. The standard InChI is InChI=1S/C13H20ClN3O2S/c1-15-13(17-8-9-20(2,18)19)16-7-6-11-4-3-5-12(14)10-11/h3-5,10H,6-9H2,1-2H3,(H2,15,16,17). The van der Waals surface area contributed by atoms with E-state index in [0.717, 1.165) is 17.0 Å². The van der Waals surface area contributed by atoms with Crippen molar-refractivity contribution in [1.82, 2.24) is 10.6 Å². The van der Waals surface area contributed by atoms with Gasteiger partial charge in [0.05, 0.1) is 5.75 Å². The van der Waals surface area contributed by atoms with E-state index in [1.54, 1.807) is 7.05 Å². The quantitative estimate of drug-likeness (QED) is 0.609. The maximum atomic E-state index is 11.0. The van der Waals surface area contributed by atoms with Gasteiger partial charge in [-0.1, -0.05) is 23.7 Å². The Morgan fingerprint density at radius 1 is 1.30 bits per heavy atom. The molecule has 20 heavy (non-hydrogen) atoms. The Morgan fingerprint density at radius 3 is 2.60 bits per heavy atom. The average molecular weight is 318 g/mol. The molecule has 0 aromatic heterocycles. The van der Waals surface area contributed by atoms with Gasteiger partial charge in [0.15, 0.2) is 5.96 Å². The summed E-state index contributed by atoms with van der Waals surface area (Å²) in [7, 11) is -1.31. The van der Waals surface area contributed by atoms with Gasteiger partial charge in [-0.2, -0.15) is 0 Å². The van der Waals surface area contributed by atoms with E-state index in [0.29, 0.717) is 19.0 Å². The van der Waals surface area contributed by atoms with Crippen LogP contribution in [0.5, 0.6) is 0 Å². The Kier molecular flexibility index (Phi) is 6.81. The zero-order valence-corrected chi connectivity index (χ0v) is 13.3. The van der Waals surface area contributed by atoms with Crippen molar-refractivity contribution in [2.24, 2.45) is 4.99 Å². The van der Waals surface area contributed by atoms with Crippen LogP contribution in [0.3, 0.4) is 0 Å². The summed E-state index contributed by atoms with van der Waals surface area (Å²) >= 11 is 5.91. The molecule has 112 valence electrons. The van der Waals surface area contributed by atoms with E-state index >= 15 is 0 Å². The Morgan fingerprint density at radius 2 is 2.00 bits per heavy atom. The van der Waals surface area contributed by atoms with Crippen molar-refractivity contribution >= 4 is 27.4 Å². The molecule has 0 aliphatic heterocycles.